The smallest absolute Gasteiger partial charge is 0.232 e. The van der Waals surface area contributed by atoms with Crippen LogP contribution in [0.25, 0.3) is 0 Å². The molecule has 124 valence electrons. The zero-order valence-corrected chi connectivity index (χ0v) is 14.5. The number of anilines is 1. The molecule has 0 fully saturated rings. The molecule has 2 aromatic rings. The molecule has 1 N–H and O–H groups in total. The predicted octanol–water partition coefficient (Wildman–Crippen LogP) is 4.06. The van der Waals surface area contributed by atoms with Crippen LogP contribution in [0.4, 0.5) is 16.5 Å². The second-order valence-electron chi connectivity index (χ2n) is 4.33. The van der Waals surface area contributed by atoms with Crippen LogP contribution in [0.5, 0.6) is 11.5 Å². The maximum absolute atomic E-state index is 11.4. The molecule has 10 heteroatoms. The molecule has 1 heterocycles. The van der Waals surface area contributed by atoms with E-state index in [-0.39, 0.29) is 21.1 Å². The van der Waals surface area contributed by atoms with Gasteiger partial charge in [-0.3, -0.25) is 4.79 Å². The number of methoxy groups -OCH3 is 2. The van der Waals surface area contributed by atoms with Gasteiger partial charge in [0.05, 0.1) is 19.9 Å². The van der Waals surface area contributed by atoms with Gasteiger partial charge in [0.2, 0.25) is 11.0 Å². The first-order valence-corrected chi connectivity index (χ1v) is 7.69. The molecule has 0 unspecified atom stereocenters. The lowest BCUT2D eigenvalue weighted by Crippen LogP contribution is -2.06. The Kier molecular flexibility index (Phi) is 5.68. The lowest BCUT2D eigenvalue weighted by molar-refractivity contribution is -0.114. The van der Waals surface area contributed by atoms with Crippen molar-refractivity contribution >= 4 is 45.4 Å². The number of amides is 1. The topological polar surface area (TPSA) is 109 Å². The Morgan fingerprint density at radius 3 is 2.54 bits per heavy atom. The van der Waals surface area contributed by atoms with E-state index in [0.29, 0.717) is 22.9 Å². The fourth-order valence-corrected chi connectivity index (χ4v) is 2.60. The molecular formula is C14H12ClN5O3S. The average molecular weight is 366 g/mol. The van der Waals surface area contributed by atoms with Gasteiger partial charge in [0.25, 0.3) is 0 Å². The zero-order chi connectivity index (χ0) is 17.7. The van der Waals surface area contributed by atoms with Crippen LogP contribution in [0.1, 0.15) is 11.8 Å². The molecule has 0 aliphatic rings. The van der Waals surface area contributed by atoms with E-state index in [1.807, 2.05) is 6.07 Å². The molecule has 0 aliphatic heterocycles. The summed E-state index contributed by atoms with van der Waals surface area (Å²) >= 11 is 6.80. The van der Waals surface area contributed by atoms with Crippen molar-refractivity contribution in [3.05, 3.63) is 22.2 Å². The number of hydrogen-bond donors (Lipinski definition) is 1. The number of benzene rings is 1. The molecule has 1 amide bonds. The van der Waals surface area contributed by atoms with Crippen LogP contribution in [0, 0.1) is 11.3 Å². The minimum absolute atomic E-state index is 0.0749. The van der Waals surface area contributed by atoms with Gasteiger partial charge in [0.15, 0.2) is 16.7 Å². The third kappa shape index (κ3) is 3.98. The summed E-state index contributed by atoms with van der Waals surface area (Å²) in [7, 11) is 2.97. The molecule has 2 rings (SSSR count). The van der Waals surface area contributed by atoms with Crippen molar-refractivity contribution in [1.82, 2.24) is 4.98 Å². The Morgan fingerprint density at radius 1 is 1.33 bits per heavy atom. The van der Waals surface area contributed by atoms with E-state index in [4.69, 9.17) is 26.3 Å². The second kappa shape index (κ2) is 7.72. The lowest BCUT2D eigenvalue weighted by Gasteiger charge is -2.12. The Hall–Kier alpha value is -2.70. The highest BCUT2D eigenvalue weighted by Crippen LogP contribution is 2.39. The van der Waals surface area contributed by atoms with Gasteiger partial charge in [-0.25, -0.2) is 4.98 Å². The molecule has 1 aromatic heterocycles. The Balaban J connectivity index is 2.44. The van der Waals surface area contributed by atoms with Gasteiger partial charge in [0, 0.05) is 19.1 Å². The summed E-state index contributed by atoms with van der Waals surface area (Å²) in [5.41, 5.74) is 0.736. The van der Waals surface area contributed by atoms with Crippen LogP contribution in [0.2, 0.25) is 5.15 Å². The van der Waals surface area contributed by atoms with Crippen molar-refractivity contribution < 1.29 is 14.3 Å². The Morgan fingerprint density at radius 2 is 2.00 bits per heavy atom. The number of nitrogens with zero attached hydrogens (tertiary/aromatic N) is 4. The van der Waals surface area contributed by atoms with Crippen molar-refractivity contribution in [2.75, 3.05) is 19.5 Å². The van der Waals surface area contributed by atoms with E-state index in [9.17, 15) is 4.79 Å². The van der Waals surface area contributed by atoms with Crippen LogP contribution in [0.15, 0.2) is 22.4 Å². The Bertz CT molecular complexity index is 844. The van der Waals surface area contributed by atoms with Crippen LogP contribution in [-0.2, 0) is 4.79 Å². The van der Waals surface area contributed by atoms with Crippen LogP contribution >= 0.6 is 22.9 Å². The standard InChI is InChI=1S/C14H12ClN5O3S/c1-7(21)17-8-4-10(22-2)11(23-3)5-9(8)19-20-14-18-13(15)12(6-16)24-14/h4-5H,1-3H3,(H,17,21). The number of halogens is 1. The van der Waals surface area contributed by atoms with E-state index >= 15 is 0 Å². The summed E-state index contributed by atoms with van der Waals surface area (Å²) in [6.45, 7) is 1.37. The molecule has 0 radical (unpaired) electrons. The molecule has 0 bridgehead atoms. The number of aromatic nitrogens is 1. The van der Waals surface area contributed by atoms with Crippen molar-refractivity contribution in [2.24, 2.45) is 10.2 Å². The molecule has 0 saturated heterocycles. The molecule has 8 nitrogen and oxygen atoms in total. The normalized spacial score (nSPS) is 10.5. The number of carbonyl (C=O) groups is 1. The number of nitrogens with one attached hydrogen (secondary N) is 1. The van der Waals surface area contributed by atoms with Crippen molar-refractivity contribution in [1.29, 1.82) is 5.26 Å². The van der Waals surface area contributed by atoms with Crippen molar-refractivity contribution in [3.63, 3.8) is 0 Å². The summed E-state index contributed by atoms with van der Waals surface area (Å²) in [6, 6.07) is 5.05. The quantitative estimate of drug-likeness (QED) is 0.803. The number of hydrogen-bond acceptors (Lipinski definition) is 8. The number of nitriles is 1. The molecular weight excluding hydrogens is 354 g/mol. The first-order chi connectivity index (χ1) is 11.5. The molecule has 1 aromatic carbocycles. The van der Waals surface area contributed by atoms with Gasteiger partial charge in [-0.15, -0.1) is 10.2 Å². The van der Waals surface area contributed by atoms with E-state index in [0.717, 1.165) is 11.3 Å². The first kappa shape index (κ1) is 17.7. The van der Waals surface area contributed by atoms with Gasteiger partial charge >= 0.3 is 0 Å². The highest BCUT2D eigenvalue weighted by Gasteiger charge is 2.13. The van der Waals surface area contributed by atoms with Crippen molar-refractivity contribution in [3.8, 4) is 17.6 Å². The molecule has 0 spiro atoms. The van der Waals surface area contributed by atoms with Gasteiger partial charge in [-0.1, -0.05) is 22.9 Å². The monoisotopic (exact) mass is 365 g/mol. The third-order valence-corrected chi connectivity index (χ3v) is 3.96. The number of thiazole rings is 1. The summed E-state index contributed by atoms with van der Waals surface area (Å²) in [5, 5.41) is 19.8. The van der Waals surface area contributed by atoms with Crippen LogP contribution < -0.4 is 14.8 Å². The summed E-state index contributed by atoms with van der Waals surface area (Å²) in [4.78, 5) is 15.5. The molecule has 0 aliphatic carbocycles. The summed E-state index contributed by atoms with van der Waals surface area (Å²) < 4.78 is 10.4. The third-order valence-electron chi connectivity index (χ3n) is 2.73. The average Bonchev–Trinajstić information content (AvgIpc) is 2.92. The van der Waals surface area contributed by atoms with Crippen LogP contribution in [0.3, 0.4) is 0 Å². The molecule has 24 heavy (non-hydrogen) atoms. The van der Waals surface area contributed by atoms with E-state index in [2.05, 4.69) is 20.5 Å². The zero-order valence-electron chi connectivity index (χ0n) is 13.0. The van der Waals surface area contributed by atoms with Crippen molar-refractivity contribution in [2.45, 2.75) is 6.92 Å². The number of carbonyl (C=O) groups excluding carboxylic acids is 1. The predicted molar refractivity (Wildman–Crippen MR) is 89.9 cm³/mol. The fourth-order valence-electron chi connectivity index (χ4n) is 1.74. The highest BCUT2D eigenvalue weighted by molar-refractivity contribution is 7.16. The summed E-state index contributed by atoms with van der Waals surface area (Å²) in [6.07, 6.45) is 0. The van der Waals surface area contributed by atoms with E-state index in [1.54, 1.807) is 12.1 Å². The Labute approximate surface area is 146 Å². The largest absolute Gasteiger partial charge is 0.493 e. The summed E-state index contributed by atoms with van der Waals surface area (Å²) in [5.74, 6) is 0.586. The van der Waals surface area contributed by atoms with E-state index < -0.39 is 0 Å². The van der Waals surface area contributed by atoms with Crippen LogP contribution in [-0.4, -0.2) is 25.1 Å². The minimum Gasteiger partial charge on any atom is -0.493 e. The number of ether oxygens (including phenoxy) is 2. The molecule has 0 saturated carbocycles. The number of azo groups is 1. The number of rotatable bonds is 5. The van der Waals surface area contributed by atoms with Gasteiger partial charge in [0.1, 0.15) is 16.6 Å². The highest BCUT2D eigenvalue weighted by atomic mass is 35.5. The second-order valence-corrected chi connectivity index (χ2v) is 5.67. The maximum atomic E-state index is 11.4. The van der Waals surface area contributed by atoms with Gasteiger partial charge < -0.3 is 14.8 Å². The van der Waals surface area contributed by atoms with Gasteiger partial charge in [-0.05, 0) is 0 Å². The SMILES string of the molecule is COc1cc(N=Nc2nc(Cl)c(C#N)s2)c(NC(C)=O)cc1OC. The molecule has 0 atom stereocenters. The minimum atomic E-state index is -0.275. The van der Waals surface area contributed by atoms with Gasteiger partial charge in [-0.2, -0.15) is 5.26 Å². The van der Waals surface area contributed by atoms with E-state index in [1.165, 1.54) is 21.1 Å². The fraction of sp³-hybridized carbons (Fsp3) is 0.214. The lowest BCUT2D eigenvalue weighted by atomic mass is 10.2. The maximum Gasteiger partial charge on any atom is 0.232 e. The first-order valence-electron chi connectivity index (χ1n) is 6.50.